The second kappa shape index (κ2) is 6.12. The molecule has 3 aromatic rings. The van der Waals surface area contributed by atoms with Crippen LogP contribution in [0.5, 0.6) is 0 Å². The average molecular weight is 349 g/mol. The Kier molecular flexibility index (Phi) is 3.90. The topological polar surface area (TPSA) is 87.9 Å². The molecule has 0 spiro atoms. The highest BCUT2D eigenvalue weighted by molar-refractivity contribution is 6.01. The number of aromatic nitrogens is 3. The number of hydrogen-bond acceptors (Lipinski definition) is 4. The molecule has 0 saturated heterocycles. The Balaban J connectivity index is 1.83. The molecule has 1 amide bonds. The first-order valence-corrected chi connectivity index (χ1v) is 9.01. The van der Waals surface area contributed by atoms with E-state index in [9.17, 15) is 4.79 Å². The molecular weight excluding hydrogens is 326 g/mol. The first-order chi connectivity index (χ1) is 12.5. The number of benzene rings is 1. The zero-order valence-electron chi connectivity index (χ0n) is 15.3. The maximum atomic E-state index is 11.9. The zero-order chi connectivity index (χ0) is 18.4. The number of fused-ring (bicyclic) bond motifs is 2. The molecule has 0 fully saturated rings. The number of hydrogen-bond donors (Lipinski definition) is 2. The van der Waals surface area contributed by atoms with Gasteiger partial charge in [-0.3, -0.25) is 4.79 Å². The molecule has 1 aromatic carbocycles. The number of amides is 1. The normalized spacial score (nSPS) is 14.1. The van der Waals surface area contributed by atoms with Crippen LogP contribution in [-0.4, -0.2) is 27.4 Å². The summed E-state index contributed by atoms with van der Waals surface area (Å²) in [6.45, 7) is 6.50. The van der Waals surface area contributed by atoms with E-state index < -0.39 is 0 Å². The Labute approximate surface area is 152 Å². The van der Waals surface area contributed by atoms with Crippen LogP contribution in [0, 0.1) is 0 Å². The number of nitrogens with zero attached hydrogens (tertiary/aromatic N) is 3. The van der Waals surface area contributed by atoms with Crippen LogP contribution in [-0.2, 0) is 11.2 Å². The Morgan fingerprint density at radius 2 is 2.12 bits per heavy atom. The van der Waals surface area contributed by atoms with E-state index >= 15 is 0 Å². The largest absolute Gasteiger partial charge is 0.383 e. The van der Waals surface area contributed by atoms with Gasteiger partial charge in [0.05, 0.1) is 5.39 Å². The van der Waals surface area contributed by atoms with E-state index in [1.165, 1.54) is 5.56 Å². The molecule has 0 unspecified atom stereocenters. The minimum absolute atomic E-state index is 0.0876. The summed E-state index contributed by atoms with van der Waals surface area (Å²) in [6, 6.07) is 6.23. The quantitative estimate of drug-likeness (QED) is 0.739. The first kappa shape index (κ1) is 16.6. The maximum Gasteiger partial charge on any atom is 0.223 e. The lowest BCUT2D eigenvalue weighted by atomic mass is 9.96. The molecule has 6 heteroatoms. The molecule has 0 radical (unpaired) electrons. The Hall–Kier alpha value is -2.89. The third kappa shape index (κ3) is 2.62. The molecule has 1 aliphatic rings. The minimum Gasteiger partial charge on any atom is -0.383 e. The number of carbonyl (C=O) groups is 1. The van der Waals surface area contributed by atoms with E-state index in [2.05, 4.69) is 34.9 Å². The summed E-state index contributed by atoms with van der Waals surface area (Å²) < 4.78 is 0. The van der Waals surface area contributed by atoms with E-state index in [1.807, 2.05) is 23.2 Å². The maximum absolute atomic E-state index is 11.9. The molecule has 3 N–H and O–H groups in total. The summed E-state index contributed by atoms with van der Waals surface area (Å²) in [4.78, 5) is 26.0. The van der Waals surface area contributed by atoms with Crippen molar-refractivity contribution in [2.75, 3.05) is 17.2 Å². The molecule has 0 atom stereocenters. The average Bonchev–Trinajstić information content (AvgIpc) is 3.05. The molecule has 1 aliphatic heterocycles. The third-order valence-electron chi connectivity index (χ3n) is 4.98. The number of nitrogen functional groups attached to an aromatic ring is 1. The van der Waals surface area contributed by atoms with Crippen LogP contribution in [0.3, 0.4) is 0 Å². The van der Waals surface area contributed by atoms with E-state index in [0.717, 1.165) is 53.1 Å². The van der Waals surface area contributed by atoms with Gasteiger partial charge in [0.25, 0.3) is 0 Å². The Morgan fingerprint density at radius 3 is 2.85 bits per heavy atom. The van der Waals surface area contributed by atoms with Crippen molar-refractivity contribution < 1.29 is 4.79 Å². The number of H-pyrrole nitrogens is 1. The second-order valence-electron chi connectivity index (χ2n) is 7.17. The van der Waals surface area contributed by atoms with Crippen molar-refractivity contribution in [2.24, 2.45) is 0 Å². The van der Waals surface area contributed by atoms with Crippen molar-refractivity contribution in [2.45, 2.75) is 39.5 Å². The Bertz CT molecular complexity index is 1000. The lowest BCUT2D eigenvalue weighted by Crippen LogP contribution is -2.33. The molecule has 3 heterocycles. The lowest BCUT2D eigenvalue weighted by Gasteiger charge is -2.29. The number of aryl methyl sites for hydroxylation is 1. The summed E-state index contributed by atoms with van der Waals surface area (Å²) in [5, 5.41) is 0.855. The predicted octanol–water partition coefficient (Wildman–Crippen LogP) is 3.63. The van der Waals surface area contributed by atoms with Crippen LogP contribution < -0.4 is 10.6 Å². The van der Waals surface area contributed by atoms with Crippen LogP contribution in [0.4, 0.5) is 11.5 Å². The molecular formula is C20H23N5O. The second-order valence-corrected chi connectivity index (χ2v) is 7.17. The van der Waals surface area contributed by atoms with Crippen molar-refractivity contribution in [1.29, 1.82) is 0 Å². The predicted molar refractivity (Wildman–Crippen MR) is 104 cm³/mol. The highest BCUT2D eigenvalue weighted by Crippen LogP contribution is 2.36. The van der Waals surface area contributed by atoms with Gasteiger partial charge < -0.3 is 15.6 Å². The van der Waals surface area contributed by atoms with Gasteiger partial charge in [-0.2, -0.15) is 0 Å². The standard InChI is InChI=1S/C20H23N5O/c1-11(2)19-23-18(21)17-15(10-22-20(17)24-19)13-6-7-16-14(9-13)5-4-8-25(16)12(3)26/h6-7,9-11H,4-5,8H2,1-3H3,(H3,21,22,23,24). The van der Waals surface area contributed by atoms with Gasteiger partial charge in [-0.25, -0.2) is 9.97 Å². The highest BCUT2D eigenvalue weighted by Gasteiger charge is 2.21. The molecule has 26 heavy (non-hydrogen) atoms. The Morgan fingerprint density at radius 1 is 1.31 bits per heavy atom. The number of carbonyl (C=O) groups excluding carboxylic acids is 1. The lowest BCUT2D eigenvalue weighted by molar-refractivity contribution is -0.116. The molecule has 4 rings (SSSR count). The smallest absolute Gasteiger partial charge is 0.223 e. The van der Waals surface area contributed by atoms with Crippen molar-refractivity contribution >= 4 is 28.4 Å². The van der Waals surface area contributed by atoms with Crippen LogP contribution in [0.15, 0.2) is 24.4 Å². The van der Waals surface area contributed by atoms with Gasteiger partial charge in [0.1, 0.15) is 17.3 Å². The van der Waals surface area contributed by atoms with Crippen LogP contribution in [0.25, 0.3) is 22.2 Å². The molecule has 0 saturated carbocycles. The summed E-state index contributed by atoms with van der Waals surface area (Å²) in [7, 11) is 0. The van der Waals surface area contributed by atoms with E-state index in [-0.39, 0.29) is 11.8 Å². The number of anilines is 2. The van der Waals surface area contributed by atoms with Crippen molar-refractivity contribution in [3.05, 3.63) is 35.8 Å². The third-order valence-corrected chi connectivity index (χ3v) is 4.98. The van der Waals surface area contributed by atoms with Gasteiger partial charge in [0, 0.05) is 36.8 Å². The number of nitrogens with two attached hydrogens (primary N) is 1. The van der Waals surface area contributed by atoms with E-state index in [0.29, 0.717) is 5.82 Å². The van der Waals surface area contributed by atoms with Crippen molar-refractivity contribution in [1.82, 2.24) is 15.0 Å². The van der Waals surface area contributed by atoms with Gasteiger partial charge in [0.2, 0.25) is 5.91 Å². The first-order valence-electron chi connectivity index (χ1n) is 9.01. The molecule has 0 aliphatic carbocycles. The monoisotopic (exact) mass is 349 g/mol. The summed E-state index contributed by atoms with van der Waals surface area (Å²) in [5.41, 5.74) is 11.3. The zero-order valence-corrected chi connectivity index (χ0v) is 15.3. The number of nitrogens with one attached hydrogen (secondary N) is 1. The molecule has 6 nitrogen and oxygen atoms in total. The van der Waals surface area contributed by atoms with Crippen LogP contribution in [0.2, 0.25) is 0 Å². The molecule has 134 valence electrons. The van der Waals surface area contributed by atoms with Gasteiger partial charge in [-0.1, -0.05) is 19.9 Å². The fourth-order valence-corrected chi connectivity index (χ4v) is 3.66. The van der Waals surface area contributed by atoms with Crippen LogP contribution in [0.1, 0.15) is 44.5 Å². The van der Waals surface area contributed by atoms with Gasteiger partial charge in [-0.05, 0) is 36.1 Å². The van der Waals surface area contributed by atoms with E-state index in [1.54, 1.807) is 6.92 Å². The van der Waals surface area contributed by atoms with Gasteiger partial charge in [0.15, 0.2) is 0 Å². The highest BCUT2D eigenvalue weighted by atomic mass is 16.2. The van der Waals surface area contributed by atoms with Crippen molar-refractivity contribution in [3.63, 3.8) is 0 Å². The van der Waals surface area contributed by atoms with Crippen molar-refractivity contribution in [3.8, 4) is 11.1 Å². The summed E-state index contributed by atoms with van der Waals surface area (Å²) in [5.74, 6) is 1.54. The van der Waals surface area contributed by atoms with Gasteiger partial charge in [-0.15, -0.1) is 0 Å². The number of rotatable bonds is 2. The SMILES string of the molecule is CC(=O)N1CCCc2cc(-c3c[nH]c4nc(C(C)C)nc(N)c34)ccc21. The van der Waals surface area contributed by atoms with Crippen LogP contribution >= 0.6 is 0 Å². The fraction of sp³-hybridized carbons (Fsp3) is 0.350. The molecule has 0 bridgehead atoms. The summed E-state index contributed by atoms with van der Waals surface area (Å²) in [6.07, 6.45) is 3.89. The van der Waals surface area contributed by atoms with Gasteiger partial charge >= 0.3 is 0 Å². The minimum atomic E-state index is 0.0876. The van der Waals surface area contributed by atoms with E-state index in [4.69, 9.17) is 5.73 Å². The molecule has 2 aromatic heterocycles. The number of aromatic amines is 1. The fourth-order valence-electron chi connectivity index (χ4n) is 3.66. The summed E-state index contributed by atoms with van der Waals surface area (Å²) >= 11 is 0.